The van der Waals surface area contributed by atoms with Crippen LogP contribution in [0.2, 0.25) is 0 Å². The van der Waals surface area contributed by atoms with Gasteiger partial charge in [0.2, 0.25) is 0 Å². The minimum Gasteiger partial charge on any atom is -0.452 e. The van der Waals surface area contributed by atoms with Crippen LogP contribution in [0.25, 0.3) is 0 Å². The fourth-order valence-electron chi connectivity index (χ4n) is 3.76. The first-order valence-electron chi connectivity index (χ1n) is 10.2. The van der Waals surface area contributed by atoms with Crippen molar-refractivity contribution in [2.24, 2.45) is 0 Å². The maximum atomic E-state index is 12.9. The number of hydrogen-bond acceptors (Lipinski definition) is 4. The smallest absolute Gasteiger partial charge is 0.339 e. The van der Waals surface area contributed by atoms with Gasteiger partial charge >= 0.3 is 5.97 Å². The SMILES string of the molecule is CC[C@@H]1CCCCN1C(=O)COC(=O)c1ccccc1C(=O)c1ccc(C)cc1. The number of ether oxygens (including phenoxy) is 1. The van der Waals surface area contributed by atoms with E-state index in [1.165, 1.54) is 0 Å². The second-order valence-corrected chi connectivity index (χ2v) is 7.46. The highest BCUT2D eigenvalue weighted by molar-refractivity contribution is 6.14. The van der Waals surface area contributed by atoms with Gasteiger partial charge in [-0.25, -0.2) is 4.79 Å². The van der Waals surface area contributed by atoms with Crippen LogP contribution >= 0.6 is 0 Å². The van der Waals surface area contributed by atoms with E-state index in [-0.39, 0.29) is 35.5 Å². The zero-order valence-corrected chi connectivity index (χ0v) is 17.0. The van der Waals surface area contributed by atoms with Gasteiger partial charge in [0.25, 0.3) is 5.91 Å². The summed E-state index contributed by atoms with van der Waals surface area (Å²) in [5, 5.41) is 0. The first-order valence-corrected chi connectivity index (χ1v) is 10.2. The van der Waals surface area contributed by atoms with E-state index in [1.54, 1.807) is 36.4 Å². The molecule has 1 saturated heterocycles. The van der Waals surface area contributed by atoms with Crippen molar-refractivity contribution in [3.05, 3.63) is 70.8 Å². The van der Waals surface area contributed by atoms with Crippen LogP contribution in [-0.2, 0) is 9.53 Å². The molecule has 1 heterocycles. The summed E-state index contributed by atoms with van der Waals surface area (Å²) in [6.07, 6.45) is 3.98. The molecule has 3 rings (SSSR count). The fourth-order valence-corrected chi connectivity index (χ4v) is 3.76. The van der Waals surface area contributed by atoms with Gasteiger partial charge in [-0.3, -0.25) is 9.59 Å². The minimum atomic E-state index is -0.653. The maximum absolute atomic E-state index is 12.9. The van der Waals surface area contributed by atoms with Gasteiger partial charge < -0.3 is 9.64 Å². The molecule has 2 aromatic rings. The Morgan fingerprint density at radius 1 is 1.00 bits per heavy atom. The lowest BCUT2D eigenvalue weighted by molar-refractivity contribution is -0.138. The maximum Gasteiger partial charge on any atom is 0.339 e. The summed E-state index contributed by atoms with van der Waals surface area (Å²) in [4.78, 5) is 39.9. The van der Waals surface area contributed by atoms with E-state index in [0.717, 1.165) is 31.2 Å². The third-order valence-corrected chi connectivity index (χ3v) is 5.45. The Labute approximate surface area is 171 Å². The number of benzene rings is 2. The van der Waals surface area contributed by atoms with E-state index in [9.17, 15) is 14.4 Å². The molecule has 29 heavy (non-hydrogen) atoms. The van der Waals surface area contributed by atoms with Crippen molar-refractivity contribution < 1.29 is 19.1 Å². The van der Waals surface area contributed by atoms with Gasteiger partial charge in [-0.15, -0.1) is 0 Å². The average Bonchev–Trinajstić information content (AvgIpc) is 2.77. The Morgan fingerprint density at radius 2 is 1.69 bits per heavy atom. The largest absolute Gasteiger partial charge is 0.452 e. The number of aryl methyl sites for hydroxylation is 1. The summed E-state index contributed by atoms with van der Waals surface area (Å²) >= 11 is 0. The lowest BCUT2D eigenvalue weighted by Crippen LogP contribution is -2.45. The molecule has 0 radical (unpaired) electrons. The second kappa shape index (κ2) is 9.50. The van der Waals surface area contributed by atoms with Crippen molar-refractivity contribution >= 4 is 17.7 Å². The second-order valence-electron chi connectivity index (χ2n) is 7.46. The topological polar surface area (TPSA) is 63.7 Å². The molecular formula is C24H27NO4. The van der Waals surface area contributed by atoms with Crippen LogP contribution in [-0.4, -0.2) is 41.8 Å². The van der Waals surface area contributed by atoms with Gasteiger partial charge in [0, 0.05) is 23.7 Å². The predicted molar refractivity (Wildman–Crippen MR) is 111 cm³/mol. The van der Waals surface area contributed by atoms with Crippen LogP contribution in [0.15, 0.2) is 48.5 Å². The molecule has 5 nitrogen and oxygen atoms in total. The number of likely N-dealkylation sites (tertiary alicyclic amines) is 1. The highest BCUT2D eigenvalue weighted by Crippen LogP contribution is 2.20. The molecule has 0 bridgehead atoms. The molecular weight excluding hydrogens is 366 g/mol. The number of ketones is 1. The summed E-state index contributed by atoms with van der Waals surface area (Å²) in [7, 11) is 0. The molecule has 0 spiro atoms. The van der Waals surface area contributed by atoms with Crippen LogP contribution in [0.1, 0.15) is 64.4 Å². The number of esters is 1. The molecule has 0 unspecified atom stereocenters. The molecule has 152 valence electrons. The van der Waals surface area contributed by atoms with Crippen molar-refractivity contribution in [1.29, 1.82) is 0 Å². The van der Waals surface area contributed by atoms with E-state index in [1.807, 2.05) is 24.0 Å². The standard InChI is InChI=1S/C24H27NO4/c1-3-19-8-6-7-15-25(19)22(26)16-29-24(28)21-10-5-4-9-20(21)23(27)18-13-11-17(2)12-14-18/h4-5,9-14,19H,3,6-8,15-16H2,1-2H3/t19-/m1/s1. The Hall–Kier alpha value is -2.95. The lowest BCUT2D eigenvalue weighted by Gasteiger charge is -2.35. The number of hydrogen-bond donors (Lipinski definition) is 0. The molecule has 5 heteroatoms. The monoisotopic (exact) mass is 393 g/mol. The number of amides is 1. The van der Waals surface area contributed by atoms with Crippen molar-refractivity contribution in [2.75, 3.05) is 13.2 Å². The van der Waals surface area contributed by atoms with E-state index < -0.39 is 5.97 Å². The minimum absolute atomic E-state index is 0.174. The Bertz CT molecular complexity index is 888. The number of piperidine rings is 1. The van der Waals surface area contributed by atoms with Crippen LogP contribution in [0.3, 0.4) is 0 Å². The normalized spacial score (nSPS) is 16.3. The fraction of sp³-hybridized carbons (Fsp3) is 0.375. The molecule has 0 aromatic heterocycles. The molecule has 1 aliphatic heterocycles. The van der Waals surface area contributed by atoms with Crippen molar-refractivity contribution in [3.63, 3.8) is 0 Å². The van der Waals surface area contributed by atoms with E-state index >= 15 is 0 Å². The molecule has 0 aliphatic carbocycles. The quantitative estimate of drug-likeness (QED) is 0.546. The molecule has 1 atom stereocenters. The highest BCUT2D eigenvalue weighted by atomic mass is 16.5. The molecule has 2 aromatic carbocycles. The predicted octanol–water partition coefficient (Wildman–Crippen LogP) is 4.17. The number of carbonyl (C=O) groups excluding carboxylic acids is 3. The first kappa shape index (κ1) is 20.8. The van der Waals surface area contributed by atoms with Crippen LogP contribution in [0.5, 0.6) is 0 Å². The summed E-state index contributed by atoms with van der Waals surface area (Å²) < 4.78 is 5.30. The van der Waals surface area contributed by atoms with Gasteiger partial charge in [0.1, 0.15) is 0 Å². The van der Waals surface area contributed by atoms with E-state index in [0.29, 0.717) is 12.1 Å². The van der Waals surface area contributed by atoms with Gasteiger partial charge in [0.15, 0.2) is 12.4 Å². The zero-order valence-electron chi connectivity index (χ0n) is 17.0. The van der Waals surface area contributed by atoms with Gasteiger partial charge in [0.05, 0.1) is 5.56 Å². The van der Waals surface area contributed by atoms with Gasteiger partial charge in [-0.05, 0) is 38.7 Å². The van der Waals surface area contributed by atoms with E-state index in [4.69, 9.17) is 4.74 Å². The third-order valence-electron chi connectivity index (χ3n) is 5.45. The summed E-state index contributed by atoms with van der Waals surface area (Å²) in [6, 6.07) is 14.0. The highest BCUT2D eigenvalue weighted by Gasteiger charge is 2.26. The van der Waals surface area contributed by atoms with Gasteiger partial charge in [-0.1, -0.05) is 55.0 Å². The zero-order chi connectivity index (χ0) is 20.8. The van der Waals surface area contributed by atoms with Crippen LogP contribution in [0, 0.1) is 6.92 Å². The van der Waals surface area contributed by atoms with Crippen LogP contribution < -0.4 is 0 Å². The Morgan fingerprint density at radius 3 is 2.38 bits per heavy atom. The number of rotatable bonds is 6. The summed E-state index contributed by atoms with van der Waals surface area (Å²) in [5.74, 6) is -1.07. The van der Waals surface area contributed by atoms with Crippen molar-refractivity contribution in [2.45, 2.75) is 45.6 Å². The van der Waals surface area contributed by atoms with Crippen molar-refractivity contribution in [3.8, 4) is 0 Å². The first-order chi connectivity index (χ1) is 14.0. The molecule has 1 amide bonds. The molecule has 0 saturated carbocycles. The number of carbonyl (C=O) groups is 3. The molecule has 1 fully saturated rings. The van der Waals surface area contributed by atoms with Crippen molar-refractivity contribution in [1.82, 2.24) is 4.90 Å². The summed E-state index contributed by atoms with van der Waals surface area (Å²) in [6.45, 7) is 4.41. The van der Waals surface area contributed by atoms with Crippen LogP contribution in [0.4, 0.5) is 0 Å². The number of nitrogens with zero attached hydrogens (tertiary/aromatic N) is 1. The molecule has 0 N–H and O–H groups in total. The Kier molecular flexibility index (Phi) is 6.81. The average molecular weight is 393 g/mol. The van der Waals surface area contributed by atoms with Gasteiger partial charge in [-0.2, -0.15) is 0 Å². The summed E-state index contributed by atoms with van der Waals surface area (Å²) in [5.41, 5.74) is 2.01. The Balaban J connectivity index is 1.70. The molecule has 1 aliphatic rings. The lowest BCUT2D eigenvalue weighted by atomic mass is 9.98. The van der Waals surface area contributed by atoms with E-state index in [2.05, 4.69) is 6.92 Å². The third kappa shape index (κ3) is 4.91.